The minimum absolute atomic E-state index is 0.174. The summed E-state index contributed by atoms with van der Waals surface area (Å²) in [6, 6.07) is 11.9. The van der Waals surface area contributed by atoms with E-state index in [0.29, 0.717) is 5.56 Å². The number of fused-ring (bicyclic) bond motifs is 1. The lowest BCUT2D eigenvalue weighted by Crippen LogP contribution is -2.31. The van der Waals surface area contributed by atoms with Crippen molar-refractivity contribution < 1.29 is 4.39 Å². The second-order valence-corrected chi connectivity index (χ2v) is 5.89. The number of benzene rings is 2. The van der Waals surface area contributed by atoms with Crippen molar-refractivity contribution in [1.29, 1.82) is 0 Å². The van der Waals surface area contributed by atoms with Crippen molar-refractivity contribution >= 4 is 5.69 Å². The molecule has 1 aliphatic heterocycles. The summed E-state index contributed by atoms with van der Waals surface area (Å²) in [5.41, 5.74) is 11.4. The Labute approximate surface area is 125 Å². The number of aryl methyl sites for hydroxylation is 1. The molecule has 0 saturated carbocycles. The highest BCUT2D eigenvalue weighted by molar-refractivity contribution is 5.58. The fraction of sp³-hybridized carbons (Fsp3) is 0.333. The van der Waals surface area contributed by atoms with Crippen LogP contribution in [0.15, 0.2) is 36.4 Å². The first-order chi connectivity index (χ1) is 10.1. The van der Waals surface area contributed by atoms with Crippen molar-refractivity contribution in [3.8, 4) is 0 Å². The number of hydrogen-bond acceptors (Lipinski definition) is 2. The summed E-state index contributed by atoms with van der Waals surface area (Å²) in [5.74, 6) is -0.177. The number of rotatable bonds is 2. The van der Waals surface area contributed by atoms with Crippen molar-refractivity contribution in [2.75, 3.05) is 11.4 Å². The molecule has 1 unspecified atom stereocenters. The zero-order valence-electron chi connectivity index (χ0n) is 12.6. The first-order valence-electron chi connectivity index (χ1n) is 7.43. The first-order valence-corrected chi connectivity index (χ1v) is 7.43. The van der Waals surface area contributed by atoms with Gasteiger partial charge in [-0.2, -0.15) is 0 Å². The van der Waals surface area contributed by atoms with E-state index in [-0.39, 0.29) is 11.9 Å². The summed E-state index contributed by atoms with van der Waals surface area (Å²) < 4.78 is 13.9. The second kappa shape index (κ2) is 5.49. The molecule has 0 aliphatic carbocycles. The van der Waals surface area contributed by atoms with Crippen LogP contribution in [0.4, 0.5) is 10.1 Å². The highest BCUT2D eigenvalue weighted by Gasteiger charge is 2.20. The van der Waals surface area contributed by atoms with Gasteiger partial charge in [0.25, 0.3) is 0 Å². The monoisotopic (exact) mass is 284 g/mol. The highest BCUT2D eigenvalue weighted by Crippen LogP contribution is 2.32. The minimum atomic E-state index is -0.177. The molecule has 0 spiro atoms. The summed E-state index contributed by atoms with van der Waals surface area (Å²) >= 11 is 0. The maximum absolute atomic E-state index is 13.9. The maximum Gasteiger partial charge on any atom is 0.126 e. The molecule has 3 rings (SSSR count). The van der Waals surface area contributed by atoms with Gasteiger partial charge >= 0.3 is 0 Å². The molecule has 0 fully saturated rings. The van der Waals surface area contributed by atoms with Crippen LogP contribution < -0.4 is 10.6 Å². The SMILES string of the molecule is Cc1cc(N2CCc3ccccc3C2)c(C(C)N)cc1F. The average Bonchev–Trinajstić information content (AvgIpc) is 2.49. The van der Waals surface area contributed by atoms with Crippen LogP contribution in [0.3, 0.4) is 0 Å². The highest BCUT2D eigenvalue weighted by atomic mass is 19.1. The third kappa shape index (κ3) is 2.66. The minimum Gasteiger partial charge on any atom is -0.367 e. The Bertz CT molecular complexity index is 664. The Morgan fingerprint density at radius 1 is 1.19 bits per heavy atom. The molecule has 0 bridgehead atoms. The maximum atomic E-state index is 13.9. The molecule has 2 N–H and O–H groups in total. The molecule has 0 amide bonds. The predicted octanol–water partition coefficient (Wildman–Crippen LogP) is 3.72. The fourth-order valence-electron chi connectivity index (χ4n) is 3.02. The molecule has 110 valence electrons. The molecule has 1 heterocycles. The van der Waals surface area contributed by atoms with E-state index in [4.69, 9.17) is 5.73 Å². The van der Waals surface area contributed by atoms with Crippen LogP contribution in [-0.4, -0.2) is 6.54 Å². The molecule has 2 aromatic carbocycles. The number of hydrogen-bond donors (Lipinski definition) is 1. The van der Waals surface area contributed by atoms with Crippen LogP contribution in [-0.2, 0) is 13.0 Å². The molecular weight excluding hydrogens is 263 g/mol. The Hall–Kier alpha value is -1.87. The van der Waals surface area contributed by atoms with Gasteiger partial charge in [-0.15, -0.1) is 0 Å². The number of halogens is 1. The number of anilines is 1. The van der Waals surface area contributed by atoms with Gasteiger partial charge in [0.15, 0.2) is 0 Å². The molecule has 2 nitrogen and oxygen atoms in total. The van der Waals surface area contributed by atoms with E-state index in [0.717, 1.165) is 30.8 Å². The quantitative estimate of drug-likeness (QED) is 0.910. The standard InChI is InChI=1S/C18H21FN2/c1-12-9-18(16(13(2)20)10-17(12)19)21-8-7-14-5-3-4-6-15(14)11-21/h3-6,9-10,13H,7-8,11,20H2,1-2H3. The molecule has 0 saturated heterocycles. The van der Waals surface area contributed by atoms with Crippen molar-refractivity contribution in [1.82, 2.24) is 0 Å². The lowest BCUT2D eigenvalue weighted by atomic mass is 9.97. The average molecular weight is 284 g/mol. The van der Waals surface area contributed by atoms with Crippen molar-refractivity contribution in [2.24, 2.45) is 5.73 Å². The van der Waals surface area contributed by atoms with Crippen LogP contribution in [0.25, 0.3) is 0 Å². The molecular formula is C18H21FN2. The molecule has 0 radical (unpaired) electrons. The zero-order chi connectivity index (χ0) is 15.0. The zero-order valence-corrected chi connectivity index (χ0v) is 12.6. The Balaban J connectivity index is 2.00. The van der Waals surface area contributed by atoms with Crippen molar-refractivity contribution in [3.63, 3.8) is 0 Å². The van der Waals surface area contributed by atoms with Gasteiger partial charge in [-0.25, -0.2) is 4.39 Å². The van der Waals surface area contributed by atoms with E-state index >= 15 is 0 Å². The summed E-state index contributed by atoms with van der Waals surface area (Å²) in [6.07, 6.45) is 1.02. The van der Waals surface area contributed by atoms with Crippen LogP contribution in [0.2, 0.25) is 0 Å². The molecule has 2 aromatic rings. The van der Waals surface area contributed by atoms with Gasteiger partial charge in [-0.05, 0) is 54.7 Å². The van der Waals surface area contributed by atoms with E-state index in [9.17, 15) is 4.39 Å². The largest absolute Gasteiger partial charge is 0.367 e. The van der Waals surface area contributed by atoms with E-state index < -0.39 is 0 Å². The predicted molar refractivity (Wildman–Crippen MR) is 84.9 cm³/mol. The smallest absolute Gasteiger partial charge is 0.126 e. The Morgan fingerprint density at radius 3 is 2.62 bits per heavy atom. The van der Waals surface area contributed by atoms with Gasteiger partial charge in [0.2, 0.25) is 0 Å². The summed E-state index contributed by atoms with van der Waals surface area (Å²) in [7, 11) is 0. The molecule has 0 aromatic heterocycles. The summed E-state index contributed by atoms with van der Waals surface area (Å²) in [4.78, 5) is 2.31. The lowest BCUT2D eigenvalue weighted by molar-refractivity contribution is 0.611. The first kappa shape index (κ1) is 14.1. The Morgan fingerprint density at radius 2 is 1.90 bits per heavy atom. The summed E-state index contributed by atoms with van der Waals surface area (Å²) in [6.45, 7) is 5.52. The summed E-state index contributed by atoms with van der Waals surface area (Å²) in [5, 5.41) is 0. The van der Waals surface area contributed by atoms with Crippen molar-refractivity contribution in [2.45, 2.75) is 32.9 Å². The number of nitrogens with zero attached hydrogens (tertiary/aromatic N) is 1. The van der Waals surface area contributed by atoms with Crippen LogP contribution in [0.1, 0.15) is 35.2 Å². The normalized spacial score (nSPS) is 15.7. The van der Waals surface area contributed by atoms with E-state index in [1.165, 1.54) is 11.1 Å². The van der Waals surface area contributed by atoms with Gasteiger partial charge in [0.1, 0.15) is 5.82 Å². The Kier molecular flexibility index (Phi) is 3.68. The van der Waals surface area contributed by atoms with Crippen LogP contribution in [0, 0.1) is 12.7 Å². The third-order valence-electron chi connectivity index (χ3n) is 4.27. The van der Waals surface area contributed by atoms with E-state index in [1.807, 2.05) is 19.9 Å². The van der Waals surface area contributed by atoms with Gasteiger partial charge in [-0.3, -0.25) is 0 Å². The van der Waals surface area contributed by atoms with E-state index in [1.54, 1.807) is 6.07 Å². The molecule has 3 heteroatoms. The lowest BCUT2D eigenvalue weighted by Gasteiger charge is -2.33. The third-order valence-corrected chi connectivity index (χ3v) is 4.27. The van der Waals surface area contributed by atoms with Gasteiger partial charge in [0.05, 0.1) is 0 Å². The van der Waals surface area contributed by atoms with Crippen LogP contribution >= 0.6 is 0 Å². The topological polar surface area (TPSA) is 29.3 Å². The van der Waals surface area contributed by atoms with Gasteiger partial charge in [0, 0.05) is 24.8 Å². The van der Waals surface area contributed by atoms with Gasteiger partial charge < -0.3 is 10.6 Å². The van der Waals surface area contributed by atoms with Crippen LogP contribution in [0.5, 0.6) is 0 Å². The molecule has 21 heavy (non-hydrogen) atoms. The molecule has 1 aliphatic rings. The fourth-order valence-corrected chi connectivity index (χ4v) is 3.02. The van der Waals surface area contributed by atoms with E-state index in [2.05, 4.69) is 29.2 Å². The second-order valence-electron chi connectivity index (χ2n) is 5.89. The molecule has 1 atom stereocenters. The van der Waals surface area contributed by atoms with Crippen molar-refractivity contribution in [3.05, 3.63) is 64.5 Å². The van der Waals surface area contributed by atoms with Gasteiger partial charge in [-0.1, -0.05) is 24.3 Å². The number of nitrogens with two attached hydrogens (primary N) is 1.